The highest BCUT2D eigenvalue weighted by Crippen LogP contribution is 2.45. The lowest BCUT2D eigenvalue weighted by Crippen LogP contribution is -1.95. The number of nitrogens with two attached hydrogens (primary N) is 1. The number of halogens is 2. The molecule has 1 aromatic heterocycles. The van der Waals surface area contributed by atoms with Gasteiger partial charge in [0.25, 0.3) is 0 Å². The zero-order valence-electron chi connectivity index (χ0n) is 14.7. The summed E-state index contributed by atoms with van der Waals surface area (Å²) in [7, 11) is 0. The summed E-state index contributed by atoms with van der Waals surface area (Å²) in [6.45, 7) is 0. The monoisotopic (exact) mass is 491 g/mol. The molecule has 0 spiro atoms. The summed E-state index contributed by atoms with van der Waals surface area (Å²) in [5.41, 5.74) is 13.3. The van der Waals surface area contributed by atoms with Gasteiger partial charge in [-0.15, -0.1) is 0 Å². The molecule has 0 saturated heterocycles. The Balaban J connectivity index is 1.91. The van der Waals surface area contributed by atoms with Crippen LogP contribution in [-0.4, -0.2) is 0 Å². The van der Waals surface area contributed by atoms with E-state index in [2.05, 4.69) is 68.3 Å². The van der Waals surface area contributed by atoms with Crippen LogP contribution in [0.2, 0.25) is 0 Å². The molecule has 2 nitrogen and oxygen atoms in total. The van der Waals surface area contributed by atoms with Gasteiger partial charge in [0.05, 0.1) is 0 Å². The van der Waals surface area contributed by atoms with Crippen LogP contribution in [-0.2, 0) is 0 Å². The summed E-state index contributed by atoms with van der Waals surface area (Å²) in [6.07, 6.45) is 0. The smallest absolute Gasteiger partial charge is 0.136 e. The summed E-state index contributed by atoms with van der Waals surface area (Å²) in [5, 5.41) is 2.13. The van der Waals surface area contributed by atoms with E-state index in [9.17, 15) is 0 Å². The number of hydrogen-bond acceptors (Lipinski definition) is 2. The van der Waals surface area contributed by atoms with Gasteiger partial charge in [0.2, 0.25) is 0 Å². The van der Waals surface area contributed by atoms with Crippen LogP contribution in [0.15, 0.2) is 92.2 Å². The van der Waals surface area contributed by atoms with Gasteiger partial charge in [-0.25, -0.2) is 0 Å². The highest BCUT2D eigenvalue weighted by molar-refractivity contribution is 9.10. The molecule has 0 aliphatic heterocycles. The molecule has 4 heteroatoms. The van der Waals surface area contributed by atoms with Crippen LogP contribution in [0.1, 0.15) is 0 Å². The fraction of sp³-hybridized carbons (Fsp3) is 0. The van der Waals surface area contributed by atoms with Crippen LogP contribution in [0.5, 0.6) is 0 Å². The van der Waals surface area contributed by atoms with E-state index in [0.29, 0.717) is 0 Å². The molecule has 0 aliphatic carbocycles. The lowest BCUT2D eigenvalue weighted by molar-refractivity contribution is 0.669. The topological polar surface area (TPSA) is 39.2 Å². The molecular formula is C24H15Br2NO. The Hall–Kier alpha value is -2.56. The summed E-state index contributed by atoms with van der Waals surface area (Å²) >= 11 is 7.03. The molecule has 0 atom stereocenters. The predicted octanol–water partition coefficient (Wildman–Crippen LogP) is 8.03. The average Bonchev–Trinajstić information content (AvgIpc) is 3.07. The minimum atomic E-state index is 0.753. The summed E-state index contributed by atoms with van der Waals surface area (Å²) in [4.78, 5) is 0. The zero-order valence-corrected chi connectivity index (χ0v) is 17.9. The molecule has 5 rings (SSSR count). The van der Waals surface area contributed by atoms with Crippen LogP contribution in [0.4, 0.5) is 5.69 Å². The molecule has 0 bridgehead atoms. The Morgan fingerprint density at radius 2 is 1.29 bits per heavy atom. The number of benzene rings is 4. The van der Waals surface area contributed by atoms with Crippen molar-refractivity contribution in [2.45, 2.75) is 0 Å². The number of para-hydroxylation sites is 1. The number of hydrogen-bond donors (Lipinski definition) is 1. The Kier molecular flexibility index (Phi) is 4.26. The van der Waals surface area contributed by atoms with Gasteiger partial charge in [-0.3, -0.25) is 0 Å². The van der Waals surface area contributed by atoms with E-state index < -0.39 is 0 Å². The van der Waals surface area contributed by atoms with Crippen LogP contribution in [0, 0.1) is 0 Å². The van der Waals surface area contributed by atoms with Gasteiger partial charge in [0.15, 0.2) is 0 Å². The molecule has 2 N–H and O–H groups in total. The number of anilines is 1. The van der Waals surface area contributed by atoms with Crippen molar-refractivity contribution >= 4 is 59.5 Å². The molecule has 1 heterocycles. The summed E-state index contributed by atoms with van der Waals surface area (Å²) in [6, 6.07) is 26.6. The first-order valence-corrected chi connectivity index (χ1v) is 10.5. The lowest BCUT2D eigenvalue weighted by atomic mass is 9.92. The normalized spacial score (nSPS) is 11.4. The Labute approximate surface area is 179 Å². The molecule has 4 aromatic carbocycles. The molecule has 0 fully saturated rings. The summed E-state index contributed by atoms with van der Waals surface area (Å²) < 4.78 is 8.27. The maximum Gasteiger partial charge on any atom is 0.136 e. The van der Waals surface area contributed by atoms with Crippen LogP contribution in [0.3, 0.4) is 0 Å². The van der Waals surface area contributed by atoms with Crippen LogP contribution < -0.4 is 5.73 Å². The van der Waals surface area contributed by atoms with Crippen molar-refractivity contribution in [3.63, 3.8) is 0 Å². The first-order valence-electron chi connectivity index (χ1n) is 8.87. The number of fused-ring (bicyclic) bond motifs is 3. The third kappa shape index (κ3) is 2.84. The van der Waals surface area contributed by atoms with Gasteiger partial charge in [-0.1, -0.05) is 74.3 Å². The molecule has 28 heavy (non-hydrogen) atoms. The second-order valence-electron chi connectivity index (χ2n) is 6.70. The van der Waals surface area contributed by atoms with Crippen LogP contribution >= 0.6 is 31.9 Å². The largest absolute Gasteiger partial charge is 0.456 e. The molecule has 0 amide bonds. The molecule has 5 aromatic rings. The van der Waals surface area contributed by atoms with Gasteiger partial charge in [0, 0.05) is 36.5 Å². The molecule has 0 saturated carbocycles. The van der Waals surface area contributed by atoms with Gasteiger partial charge in [-0.2, -0.15) is 0 Å². The Bertz CT molecular complexity index is 1320. The molecular weight excluding hydrogens is 478 g/mol. The van der Waals surface area contributed by atoms with Gasteiger partial charge >= 0.3 is 0 Å². The number of rotatable bonds is 2. The van der Waals surface area contributed by atoms with Crippen molar-refractivity contribution < 1.29 is 4.42 Å². The number of furan rings is 1. The van der Waals surface area contributed by atoms with Gasteiger partial charge in [0.1, 0.15) is 11.2 Å². The van der Waals surface area contributed by atoms with Crippen molar-refractivity contribution in [1.29, 1.82) is 0 Å². The molecule has 0 aliphatic rings. The second kappa shape index (κ2) is 6.80. The van der Waals surface area contributed by atoms with E-state index >= 15 is 0 Å². The maximum atomic E-state index is 6.77. The van der Waals surface area contributed by atoms with E-state index in [0.717, 1.165) is 58.8 Å². The summed E-state index contributed by atoms with van der Waals surface area (Å²) in [5.74, 6) is 0. The first-order chi connectivity index (χ1) is 13.6. The third-order valence-electron chi connectivity index (χ3n) is 5.00. The van der Waals surface area contributed by atoms with Crippen LogP contribution in [0.25, 0.3) is 44.2 Å². The first kappa shape index (κ1) is 17.5. The lowest BCUT2D eigenvalue weighted by Gasteiger charge is -2.14. The van der Waals surface area contributed by atoms with E-state index in [-0.39, 0.29) is 0 Å². The van der Waals surface area contributed by atoms with Gasteiger partial charge < -0.3 is 10.2 Å². The van der Waals surface area contributed by atoms with Crippen molar-refractivity contribution in [1.82, 2.24) is 0 Å². The quantitative estimate of drug-likeness (QED) is 0.253. The van der Waals surface area contributed by atoms with E-state index in [1.807, 2.05) is 42.5 Å². The Morgan fingerprint density at radius 1 is 0.679 bits per heavy atom. The fourth-order valence-corrected chi connectivity index (χ4v) is 4.22. The van der Waals surface area contributed by atoms with Crippen molar-refractivity contribution in [3.8, 4) is 22.3 Å². The minimum absolute atomic E-state index is 0.753. The fourth-order valence-electron chi connectivity index (χ4n) is 3.69. The van der Waals surface area contributed by atoms with Crippen molar-refractivity contribution in [2.75, 3.05) is 5.73 Å². The van der Waals surface area contributed by atoms with E-state index in [1.54, 1.807) is 0 Å². The van der Waals surface area contributed by atoms with Crippen molar-refractivity contribution in [2.24, 2.45) is 0 Å². The SMILES string of the molecule is Nc1c(-c2ccc(Br)cc2)cc2oc3ccccc3c2c1-c1ccc(Br)cc1. The third-order valence-corrected chi connectivity index (χ3v) is 6.05. The van der Waals surface area contributed by atoms with E-state index in [1.165, 1.54) is 0 Å². The maximum absolute atomic E-state index is 6.77. The molecule has 0 unspecified atom stereocenters. The second-order valence-corrected chi connectivity index (χ2v) is 8.53. The predicted molar refractivity (Wildman–Crippen MR) is 124 cm³/mol. The minimum Gasteiger partial charge on any atom is -0.456 e. The van der Waals surface area contributed by atoms with Gasteiger partial charge in [-0.05, 0) is 47.5 Å². The highest BCUT2D eigenvalue weighted by atomic mass is 79.9. The van der Waals surface area contributed by atoms with E-state index in [4.69, 9.17) is 10.2 Å². The van der Waals surface area contributed by atoms with Crippen molar-refractivity contribution in [3.05, 3.63) is 87.8 Å². The molecule has 136 valence electrons. The average molecular weight is 493 g/mol. The highest BCUT2D eigenvalue weighted by Gasteiger charge is 2.19. The standard InChI is InChI=1S/C24H15Br2NO/c25-16-9-5-14(6-10-16)19-13-21-23(18-3-1-2-4-20(18)28-21)22(24(19)27)15-7-11-17(26)12-8-15/h1-13H,27H2. The zero-order chi connectivity index (χ0) is 19.3. The Morgan fingerprint density at radius 3 is 1.96 bits per heavy atom. The number of nitrogen functional groups attached to an aromatic ring is 1. The molecule has 0 radical (unpaired) electrons.